The Bertz CT molecular complexity index is 321. The number of nitrogens with two attached hydrogens (primary N) is 2. The minimum absolute atomic E-state index is 0.674. The van der Waals surface area contributed by atoms with E-state index in [-0.39, 0.29) is 0 Å². The zero-order valence-electron chi connectivity index (χ0n) is 9.36. The minimum atomic E-state index is 0.674. The van der Waals surface area contributed by atoms with Crippen molar-refractivity contribution in [3.8, 4) is 0 Å². The molecule has 14 heavy (non-hydrogen) atoms. The number of hydrogen-bond acceptors (Lipinski definition) is 3. The maximum absolute atomic E-state index is 5.95. The van der Waals surface area contributed by atoms with Crippen molar-refractivity contribution in [1.29, 1.82) is 0 Å². The first-order valence-corrected chi connectivity index (χ1v) is 4.89. The summed E-state index contributed by atoms with van der Waals surface area (Å²) < 4.78 is 0. The van der Waals surface area contributed by atoms with Crippen LogP contribution in [0.1, 0.15) is 23.6 Å². The second-order valence-electron chi connectivity index (χ2n) is 3.53. The number of nitrogens with one attached hydrogen (secondary N) is 1. The van der Waals surface area contributed by atoms with Crippen molar-refractivity contribution in [2.75, 3.05) is 23.8 Å². The molecule has 3 nitrogen and oxygen atoms in total. The van der Waals surface area contributed by atoms with Gasteiger partial charge >= 0.3 is 0 Å². The number of nitrogen functional groups attached to an aromatic ring is 2. The van der Waals surface area contributed by atoms with Gasteiger partial charge < -0.3 is 16.8 Å². The molecule has 0 heterocycles. The van der Waals surface area contributed by atoms with Gasteiger partial charge in [0.1, 0.15) is 0 Å². The van der Waals surface area contributed by atoms with Crippen LogP contribution in [0.4, 0.5) is 17.1 Å². The lowest BCUT2D eigenvalue weighted by Crippen LogP contribution is -2.08. The average Bonchev–Trinajstić information content (AvgIpc) is 2.20. The number of rotatable bonds is 2. The van der Waals surface area contributed by atoms with Gasteiger partial charge in [-0.15, -0.1) is 0 Å². The molecule has 0 atom stereocenters. The van der Waals surface area contributed by atoms with E-state index in [9.17, 15) is 0 Å². The van der Waals surface area contributed by atoms with Crippen molar-refractivity contribution in [3.05, 3.63) is 16.7 Å². The van der Waals surface area contributed by atoms with E-state index in [1.807, 2.05) is 14.0 Å². The van der Waals surface area contributed by atoms with Gasteiger partial charge in [-0.1, -0.05) is 6.92 Å². The zero-order chi connectivity index (χ0) is 10.9. The second kappa shape index (κ2) is 3.78. The third-order valence-electron chi connectivity index (χ3n) is 2.88. The van der Waals surface area contributed by atoms with Gasteiger partial charge in [-0.2, -0.15) is 0 Å². The molecule has 3 heteroatoms. The lowest BCUT2D eigenvalue weighted by Gasteiger charge is -2.18. The molecule has 1 rings (SSSR count). The zero-order valence-corrected chi connectivity index (χ0v) is 9.36. The van der Waals surface area contributed by atoms with Crippen molar-refractivity contribution >= 4 is 17.1 Å². The summed E-state index contributed by atoms with van der Waals surface area (Å²) >= 11 is 0. The van der Waals surface area contributed by atoms with Gasteiger partial charge in [0, 0.05) is 7.05 Å². The van der Waals surface area contributed by atoms with Crippen molar-refractivity contribution in [2.45, 2.75) is 27.2 Å². The summed E-state index contributed by atoms with van der Waals surface area (Å²) in [6.45, 7) is 6.22. The average molecular weight is 193 g/mol. The predicted molar refractivity (Wildman–Crippen MR) is 63.7 cm³/mol. The van der Waals surface area contributed by atoms with Crippen LogP contribution >= 0.6 is 0 Å². The molecular weight excluding hydrogens is 174 g/mol. The van der Waals surface area contributed by atoms with Crippen molar-refractivity contribution in [1.82, 2.24) is 0 Å². The molecule has 0 saturated carbocycles. The molecule has 78 valence electrons. The van der Waals surface area contributed by atoms with E-state index in [4.69, 9.17) is 11.5 Å². The highest BCUT2D eigenvalue weighted by molar-refractivity contribution is 5.85. The minimum Gasteiger partial charge on any atom is -0.397 e. The molecule has 0 aliphatic heterocycles. The summed E-state index contributed by atoms with van der Waals surface area (Å²) in [7, 11) is 1.87. The van der Waals surface area contributed by atoms with Gasteiger partial charge in [0.2, 0.25) is 0 Å². The van der Waals surface area contributed by atoms with E-state index in [1.54, 1.807) is 0 Å². The standard InChI is InChI=1S/C11H19N3/c1-5-8-6(2)7(3)9(12)10(13)11(8)14-4/h14H,5,12-13H2,1-4H3. The van der Waals surface area contributed by atoms with E-state index >= 15 is 0 Å². The first-order chi connectivity index (χ1) is 6.54. The molecule has 0 amide bonds. The van der Waals surface area contributed by atoms with E-state index in [0.29, 0.717) is 11.4 Å². The highest BCUT2D eigenvalue weighted by Crippen LogP contribution is 2.35. The van der Waals surface area contributed by atoms with Gasteiger partial charge in [0.05, 0.1) is 17.1 Å². The maximum Gasteiger partial charge on any atom is 0.0789 e. The molecule has 0 radical (unpaired) electrons. The third kappa shape index (κ3) is 1.39. The monoisotopic (exact) mass is 193 g/mol. The van der Waals surface area contributed by atoms with Crippen LogP contribution in [-0.2, 0) is 6.42 Å². The van der Waals surface area contributed by atoms with Crippen LogP contribution < -0.4 is 16.8 Å². The Labute approximate surface area is 85.5 Å². The van der Waals surface area contributed by atoms with Gasteiger partial charge in [-0.25, -0.2) is 0 Å². The molecule has 5 N–H and O–H groups in total. The van der Waals surface area contributed by atoms with E-state index in [0.717, 1.165) is 17.7 Å². The van der Waals surface area contributed by atoms with Crippen LogP contribution in [0.15, 0.2) is 0 Å². The molecule has 1 aromatic carbocycles. The van der Waals surface area contributed by atoms with Crippen LogP contribution in [-0.4, -0.2) is 7.05 Å². The van der Waals surface area contributed by atoms with Crippen LogP contribution in [0.2, 0.25) is 0 Å². The lowest BCUT2D eigenvalue weighted by atomic mass is 9.96. The predicted octanol–water partition coefficient (Wildman–Crippen LogP) is 2.07. The van der Waals surface area contributed by atoms with Crippen LogP contribution in [0.5, 0.6) is 0 Å². The topological polar surface area (TPSA) is 64.1 Å². The van der Waals surface area contributed by atoms with Gasteiger partial charge in [-0.05, 0) is 37.0 Å². The summed E-state index contributed by atoms with van der Waals surface area (Å²) in [4.78, 5) is 0. The third-order valence-corrected chi connectivity index (χ3v) is 2.88. The Kier molecular flexibility index (Phi) is 2.89. The van der Waals surface area contributed by atoms with Gasteiger partial charge in [0.15, 0.2) is 0 Å². The fraction of sp³-hybridized carbons (Fsp3) is 0.455. The molecule has 0 unspecified atom stereocenters. The fourth-order valence-electron chi connectivity index (χ4n) is 1.84. The molecule has 0 aromatic heterocycles. The van der Waals surface area contributed by atoms with Crippen LogP contribution in [0.3, 0.4) is 0 Å². The number of anilines is 3. The Morgan fingerprint density at radius 1 is 1.07 bits per heavy atom. The molecule has 0 saturated heterocycles. The summed E-state index contributed by atoms with van der Waals surface area (Å²) in [5.74, 6) is 0. The Morgan fingerprint density at radius 2 is 1.64 bits per heavy atom. The van der Waals surface area contributed by atoms with Crippen molar-refractivity contribution in [3.63, 3.8) is 0 Å². The van der Waals surface area contributed by atoms with E-state index in [2.05, 4.69) is 19.2 Å². The van der Waals surface area contributed by atoms with Gasteiger partial charge in [-0.3, -0.25) is 0 Å². The first-order valence-electron chi connectivity index (χ1n) is 4.89. The van der Waals surface area contributed by atoms with E-state index < -0.39 is 0 Å². The number of hydrogen-bond donors (Lipinski definition) is 3. The first kappa shape index (κ1) is 10.7. The summed E-state index contributed by atoms with van der Waals surface area (Å²) in [6.07, 6.45) is 0.966. The van der Waals surface area contributed by atoms with Crippen LogP contribution in [0, 0.1) is 13.8 Å². The molecular formula is C11H19N3. The van der Waals surface area contributed by atoms with Crippen molar-refractivity contribution < 1.29 is 0 Å². The number of benzene rings is 1. The van der Waals surface area contributed by atoms with E-state index in [1.165, 1.54) is 11.1 Å². The summed E-state index contributed by atoms with van der Waals surface area (Å²) in [5.41, 5.74) is 17.8. The molecule has 0 aliphatic rings. The molecule has 0 fully saturated rings. The molecule has 1 aromatic rings. The second-order valence-corrected chi connectivity index (χ2v) is 3.53. The smallest absolute Gasteiger partial charge is 0.0789 e. The van der Waals surface area contributed by atoms with Gasteiger partial charge in [0.25, 0.3) is 0 Å². The quantitative estimate of drug-likeness (QED) is 0.630. The SMILES string of the molecule is CCc1c(C)c(C)c(N)c(N)c1NC. The highest BCUT2D eigenvalue weighted by atomic mass is 14.9. The summed E-state index contributed by atoms with van der Waals surface area (Å²) in [6, 6.07) is 0. The molecule has 0 spiro atoms. The fourth-order valence-corrected chi connectivity index (χ4v) is 1.84. The molecule has 0 bridgehead atoms. The largest absolute Gasteiger partial charge is 0.397 e. The Balaban J connectivity index is 3.57. The molecule has 0 aliphatic carbocycles. The van der Waals surface area contributed by atoms with Crippen molar-refractivity contribution in [2.24, 2.45) is 0 Å². The lowest BCUT2D eigenvalue weighted by molar-refractivity contribution is 1.10. The highest BCUT2D eigenvalue weighted by Gasteiger charge is 2.13. The maximum atomic E-state index is 5.95. The van der Waals surface area contributed by atoms with Crippen LogP contribution in [0.25, 0.3) is 0 Å². The Morgan fingerprint density at radius 3 is 2.07 bits per heavy atom. The normalized spacial score (nSPS) is 10.3. The Hall–Kier alpha value is -1.38. The summed E-state index contributed by atoms with van der Waals surface area (Å²) in [5, 5.41) is 3.12.